The van der Waals surface area contributed by atoms with E-state index in [9.17, 15) is 24.3 Å². The number of likely N-dealkylation sites (tertiary alicyclic amines) is 1. The van der Waals surface area contributed by atoms with Crippen molar-refractivity contribution < 1.29 is 43.2 Å². The van der Waals surface area contributed by atoms with Crippen molar-refractivity contribution >= 4 is 29.4 Å². The number of benzene rings is 2. The van der Waals surface area contributed by atoms with Crippen molar-refractivity contribution in [2.24, 2.45) is 17.8 Å². The molecule has 2 aromatic carbocycles. The Balaban J connectivity index is 1.54. The number of methoxy groups -OCH3 is 2. The molecule has 3 amide bonds. The molecule has 2 aromatic rings. The number of carbonyl (C=O) groups excluding carboxylic acids is 4. The van der Waals surface area contributed by atoms with Gasteiger partial charge in [0.25, 0.3) is 5.91 Å². The minimum absolute atomic E-state index is 0.0474. The van der Waals surface area contributed by atoms with Gasteiger partial charge in [0.05, 0.1) is 50.3 Å². The zero-order chi connectivity index (χ0) is 38.3. The number of carbonyl (C=O) groups is 4. The van der Waals surface area contributed by atoms with Crippen LogP contribution >= 0.6 is 0 Å². The highest BCUT2D eigenvalue weighted by Crippen LogP contribution is 2.59. The van der Waals surface area contributed by atoms with Gasteiger partial charge >= 0.3 is 5.97 Å². The second kappa shape index (κ2) is 17.5. The molecular weight excluding hydrogens is 678 g/mol. The average Bonchev–Trinajstić information content (AvgIpc) is 3.81. The van der Waals surface area contributed by atoms with Gasteiger partial charge < -0.3 is 39.2 Å². The first-order valence-electron chi connectivity index (χ1n) is 18.4. The van der Waals surface area contributed by atoms with Crippen LogP contribution in [0.3, 0.4) is 0 Å². The Morgan fingerprint density at radius 2 is 1.81 bits per heavy atom. The topological polar surface area (TPSA) is 144 Å². The molecule has 3 heterocycles. The first-order chi connectivity index (χ1) is 25.5. The van der Waals surface area contributed by atoms with E-state index < -0.39 is 65.6 Å². The van der Waals surface area contributed by atoms with Crippen molar-refractivity contribution in [3.8, 4) is 5.75 Å². The lowest BCUT2D eigenvalue weighted by Gasteiger charge is -2.39. The minimum atomic E-state index is -1.34. The molecule has 0 aliphatic carbocycles. The largest absolute Gasteiger partial charge is 0.497 e. The molecule has 2 bridgehead atoms. The predicted molar refractivity (Wildman–Crippen MR) is 199 cm³/mol. The fraction of sp³-hybridized carbons (Fsp3) is 0.512. The van der Waals surface area contributed by atoms with E-state index in [0.717, 1.165) is 0 Å². The fourth-order valence-corrected chi connectivity index (χ4v) is 8.34. The molecule has 3 saturated heterocycles. The molecule has 1 spiro atoms. The number of amides is 3. The second-order valence-corrected chi connectivity index (χ2v) is 14.4. The molecule has 12 heteroatoms. The standard InChI is InChI=1S/C41H53N3O9/c1-7-9-15-33(46)42-31(25-50-5)36(27-13-11-10-12-14-27)52-40(49)34-32-20-21-41(53-32)35(34)38(47)44(29(24-45)23-26(3)4)37(41)39(48)43(22-8-2)28-16-18-30(51-6)19-17-28/h7-8,10-14,16-19,26,29,31-32,34-37,45H,1-2,9,15,20-25H2,3-6H3,(H,42,46)/t29-,31+,32-,34+,35+,36+,37-,41+/m1/s1. The average molecular weight is 732 g/mol. The van der Waals surface area contributed by atoms with Gasteiger partial charge in [0, 0.05) is 25.8 Å². The molecule has 0 unspecified atom stereocenters. The number of hydrogen-bond donors (Lipinski definition) is 2. The highest BCUT2D eigenvalue weighted by atomic mass is 16.6. The zero-order valence-electron chi connectivity index (χ0n) is 31.1. The van der Waals surface area contributed by atoms with Crippen LogP contribution in [0.1, 0.15) is 57.6 Å². The molecule has 12 nitrogen and oxygen atoms in total. The highest BCUT2D eigenvalue weighted by Gasteiger charge is 2.75. The van der Waals surface area contributed by atoms with Gasteiger partial charge in [-0.05, 0) is 61.4 Å². The molecular formula is C41H53N3O9. The summed E-state index contributed by atoms with van der Waals surface area (Å²) in [7, 11) is 3.06. The van der Waals surface area contributed by atoms with Gasteiger partial charge in [-0.3, -0.25) is 19.2 Å². The molecule has 0 aromatic heterocycles. The lowest BCUT2D eigenvalue weighted by Crippen LogP contribution is -2.59. The molecule has 3 aliphatic heterocycles. The van der Waals surface area contributed by atoms with Crippen molar-refractivity contribution in [2.45, 2.75) is 81.9 Å². The number of anilines is 1. The summed E-state index contributed by atoms with van der Waals surface area (Å²) in [5.74, 6) is -3.11. The van der Waals surface area contributed by atoms with Crippen molar-refractivity contribution in [3.05, 3.63) is 85.5 Å². The van der Waals surface area contributed by atoms with Crippen LogP contribution in [0.2, 0.25) is 0 Å². The minimum Gasteiger partial charge on any atom is -0.497 e. The highest BCUT2D eigenvalue weighted by molar-refractivity contribution is 6.05. The van der Waals surface area contributed by atoms with E-state index in [-0.39, 0.29) is 38.0 Å². The van der Waals surface area contributed by atoms with Crippen molar-refractivity contribution in [3.63, 3.8) is 0 Å². The van der Waals surface area contributed by atoms with E-state index in [0.29, 0.717) is 42.7 Å². The maximum Gasteiger partial charge on any atom is 0.313 e. The number of hydrogen-bond acceptors (Lipinski definition) is 9. The van der Waals surface area contributed by atoms with Crippen molar-refractivity contribution in [1.29, 1.82) is 0 Å². The van der Waals surface area contributed by atoms with Crippen LogP contribution in [-0.2, 0) is 33.4 Å². The summed E-state index contributed by atoms with van der Waals surface area (Å²) in [6, 6.07) is 13.5. The quantitative estimate of drug-likeness (QED) is 0.159. The first kappa shape index (κ1) is 39.7. The Labute approximate surface area is 312 Å². The number of nitrogens with zero attached hydrogens (tertiary/aromatic N) is 2. The van der Waals surface area contributed by atoms with Crippen LogP contribution in [0.15, 0.2) is 79.9 Å². The number of allylic oxidation sites excluding steroid dienone is 1. The number of fused-ring (bicyclic) bond motifs is 1. The van der Waals surface area contributed by atoms with Gasteiger partial charge in [-0.15, -0.1) is 13.2 Å². The fourth-order valence-electron chi connectivity index (χ4n) is 8.34. The zero-order valence-corrected chi connectivity index (χ0v) is 31.1. The predicted octanol–water partition coefficient (Wildman–Crippen LogP) is 4.38. The van der Waals surface area contributed by atoms with Crippen LogP contribution < -0.4 is 15.0 Å². The van der Waals surface area contributed by atoms with Gasteiger partial charge in [0.2, 0.25) is 11.8 Å². The van der Waals surface area contributed by atoms with Gasteiger partial charge in [0.15, 0.2) is 0 Å². The van der Waals surface area contributed by atoms with E-state index in [1.54, 1.807) is 60.6 Å². The van der Waals surface area contributed by atoms with Crippen molar-refractivity contribution in [2.75, 3.05) is 38.9 Å². The van der Waals surface area contributed by atoms with E-state index in [2.05, 4.69) is 18.5 Å². The lowest BCUT2D eigenvalue weighted by molar-refractivity contribution is -0.163. The Kier molecular flexibility index (Phi) is 13.1. The summed E-state index contributed by atoms with van der Waals surface area (Å²) in [6.45, 7) is 11.4. The number of aliphatic hydroxyl groups is 1. The summed E-state index contributed by atoms with van der Waals surface area (Å²) in [6.07, 6.45) is 3.51. The summed E-state index contributed by atoms with van der Waals surface area (Å²) in [5.41, 5.74) is -0.137. The monoisotopic (exact) mass is 731 g/mol. The smallest absolute Gasteiger partial charge is 0.313 e. The number of ether oxygens (including phenoxy) is 4. The van der Waals surface area contributed by atoms with Crippen LogP contribution in [0.4, 0.5) is 5.69 Å². The SMILES string of the molecule is C=CCCC(=O)N[C@@H](COC)[C@@H](OC(=O)[C@@H]1[C@H]2C(=O)N([C@@H](CO)CC(C)C)[C@H](C(=O)N(CC=C)c3ccc(OC)cc3)[C@]23CC[C@H]1O3)c1ccccc1. The number of aliphatic hydroxyl groups excluding tert-OH is 1. The Hall–Kier alpha value is -4.52. The maximum absolute atomic E-state index is 15.0. The van der Waals surface area contributed by atoms with Crippen LogP contribution in [0, 0.1) is 17.8 Å². The van der Waals surface area contributed by atoms with Gasteiger partial charge in [-0.25, -0.2) is 0 Å². The molecule has 8 atom stereocenters. The number of rotatable bonds is 19. The van der Waals surface area contributed by atoms with E-state index in [1.165, 1.54) is 12.0 Å². The Bertz CT molecular complexity index is 1620. The molecule has 0 radical (unpaired) electrons. The molecule has 53 heavy (non-hydrogen) atoms. The van der Waals surface area contributed by atoms with Crippen LogP contribution in [0.5, 0.6) is 5.75 Å². The van der Waals surface area contributed by atoms with Crippen LogP contribution in [0.25, 0.3) is 0 Å². The Morgan fingerprint density at radius 1 is 1.09 bits per heavy atom. The van der Waals surface area contributed by atoms with Gasteiger partial charge in [0.1, 0.15) is 23.5 Å². The molecule has 3 fully saturated rings. The molecule has 5 rings (SSSR count). The summed E-state index contributed by atoms with van der Waals surface area (Å²) >= 11 is 0. The van der Waals surface area contributed by atoms with Gasteiger partial charge in [-0.2, -0.15) is 0 Å². The van der Waals surface area contributed by atoms with E-state index >= 15 is 0 Å². The third kappa shape index (κ3) is 8.05. The molecule has 3 aliphatic rings. The second-order valence-electron chi connectivity index (χ2n) is 14.4. The van der Waals surface area contributed by atoms with Crippen LogP contribution in [-0.4, -0.2) is 97.5 Å². The molecule has 286 valence electrons. The Morgan fingerprint density at radius 3 is 2.42 bits per heavy atom. The third-order valence-corrected chi connectivity index (χ3v) is 10.6. The number of esters is 1. The summed E-state index contributed by atoms with van der Waals surface area (Å²) < 4.78 is 23.9. The molecule has 0 saturated carbocycles. The third-order valence-electron chi connectivity index (χ3n) is 10.6. The first-order valence-corrected chi connectivity index (χ1v) is 18.4. The normalized spacial score (nSPS) is 24.6. The summed E-state index contributed by atoms with van der Waals surface area (Å²) in [4.78, 5) is 60.3. The number of nitrogens with one attached hydrogen (secondary N) is 1. The summed E-state index contributed by atoms with van der Waals surface area (Å²) in [5, 5.41) is 13.7. The van der Waals surface area contributed by atoms with E-state index in [4.69, 9.17) is 18.9 Å². The van der Waals surface area contributed by atoms with Crippen molar-refractivity contribution in [1.82, 2.24) is 10.2 Å². The van der Waals surface area contributed by atoms with E-state index in [1.807, 2.05) is 32.0 Å². The van der Waals surface area contributed by atoms with Gasteiger partial charge in [-0.1, -0.05) is 56.3 Å². The maximum atomic E-state index is 15.0. The molecule has 2 N–H and O–H groups in total. The lowest BCUT2D eigenvalue weighted by atomic mass is 9.70.